The standard InChI is InChI=1S/C44H50Cl2N2O10/c1-5-55-37-19-39(33(45)17-25(37)21-47-43(3,23-49)41(51)52)57-35-15-13-29-27(9-7-11-31(29)35)28-10-8-12-32-30(28)14-16-36(32)58-40-20-38(56-6-2)26(18-34(40)46)22-48-44(4,24-50)42(53)54/h7-12,17-20,35-36,47-50H,5-6,13-16,21-24H2,1-4H3,(H,51,52)(H,53,54)/t35-,36+,43?,44?. The summed E-state index contributed by atoms with van der Waals surface area (Å²) < 4.78 is 25.0. The van der Waals surface area contributed by atoms with Gasteiger partial charge in [0.2, 0.25) is 0 Å². The van der Waals surface area contributed by atoms with Crippen LogP contribution in [0.1, 0.15) is 86.1 Å². The summed E-state index contributed by atoms with van der Waals surface area (Å²) in [5.74, 6) is -0.411. The van der Waals surface area contributed by atoms with Crippen molar-refractivity contribution in [3.63, 3.8) is 0 Å². The van der Waals surface area contributed by atoms with Crippen LogP contribution in [0, 0.1) is 0 Å². The molecule has 0 bridgehead atoms. The Hall–Kier alpha value is -4.56. The second-order valence-corrected chi connectivity index (χ2v) is 15.8. The van der Waals surface area contributed by atoms with Gasteiger partial charge in [-0.3, -0.25) is 20.2 Å². The lowest BCUT2D eigenvalue weighted by atomic mass is 9.91. The van der Waals surface area contributed by atoms with Crippen molar-refractivity contribution in [1.29, 1.82) is 0 Å². The Morgan fingerprint density at radius 2 is 1.07 bits per heavy atom. The van der Waals surface area contributed by atoms with E-state index in [1.54, 1.807) is 24.3 Å². The van der Waals surface area contributed by atoms with Crippen LogP contribution in [-0.2, 0) is 35.5 Å². The Bertz CT molecular complexity index is 2010. The molecule has 0 spiro atoms. The van der Waals surface area contributed by atoms with Crippen LogP contribution in [0.25, 0.3) is 11.1 Å². The van der Waals surface area contributed by atoms with Gasteiger partial charge in [-0.05, 0) is 98.9 Å². The Morgan fingerprint density at radius 1 is 0.672 bits per heavy atom. The van der Waals surface area contributed by atoms with Gasteiger partial charge in [0, 0.05) is 36.3 Å². The molecule has 0 fully saturated rings. The fourth-order valence-corrected chi connectivity index (χ4v) is 7.92. The summed E-state index contributed by atoms with van der Waals surface area (Å²) in [7, 11) is 0. The highest BCUT2D eigenvalue weighted by molar-refractivity contribution is 6.32. The molecule has 4 atom stereocenters. The molecule has 0 amide bonds. The van der Waals surface area contributed by atoms with Gasteiger partial charge in [0.05, 0.1) is 36.5 Å². The number of carbonyl (C=O) groups is 2. The Labute approximate surface area is 348 Å². The SMILES string of the molecule is CCOc1cc(O[C@H]2CCc3c(-c4cccc5c4CC[C@H]5Oc4cc(OCC)c(CNC(C)(CO)C(=O)O)cc4Cl)cccc32)c(Cl)cc1CNC(C)(CO)C(=O)O. The number of hydrogen-bond donors (Lipinski definition) is 6. The highest BCUT2D eigenvalue weighted by atomic mass is 35.5. The minimum Gasteiger partial charge on any atom is -0.493 e. The largest absolute Gasteiger partial charge is 0.493 e. The van der Waals surface area contributed by atoms with E-state index in [1.165, 1.54) is 25.0 Å². The number of aliphatic hydroxyl groups is 2. The fraction of sp³-hybridized carbons (Fsp3) is 0.409. The first kappa shape index (κ1) is 43.0. The van der Waals surface area contributed by atoms with Crippen molar-refractivity contribution in [1.82, 2.24) is 10.6 Å². The van der Waals surface area contributed by atoms with E-state index in [9.17, 15) is 30.0 Å². The predicted octanol–water partition coefficient (Wildman–Crippen LogP) is 7.44. The van der Waals surface area contributed by atoms with Crippen LogP contribution >= 0.6 is 23.2 Å². The fourth-order valence-electron chi connectivity index (χ4n) is 7.46. The van der Waals surface area contributed by atoms with Crippen LogP contribution in [0.3, 0.4) is 0 Å². The summed E-state index contributed by atoms with van der Waals surface area (Å²) in [5, 5.41) is 45.1. The Kier molecular flexibility index (Phi) is 13.5. The number of ether oxygens (including phenoxy) is 4. The first-order chi connectivity index (χ1) is 27.7. The number of aliphatic hydroxyl groups excluding tert-OH is 2. The van der Waals surface area contributed by atoms with Gasteiger partial charge in [-0.2, -0.15) is 0 Å². The number of fused-ring (bicyclic) bond motifs is 2. The zero-order valence-electron chi connectivity index (χ0n) is 33.0. The van der Waals surface area contributed by atoms with Crippen molar-refractivity contribution in [2.24, 2.45) is 0 Å². The number of rotatable bonds is 19. The van der Waals surface area contributed by atoms with Crippen LogP contribution in [0.5, 0.6) is 23.0 Å². The zero-order chi connectivity index (χ0) is 41.8. The second-order valence-electron chi connectivity index (χ2n) is 15.0. The molecule has 0 saturated carbocycles. The normalized spacial score (nSPS) is 17.8. The average Bonchev–Trinajstić information content (AvgIpc) is 3.82. The molecule has 2 aliphatic carbocycles. The van der Waals surface area contributed by atoms with E-state index in [2.05, 4.69) is 34.9 Å². The summed E-state index contributed by atoms with van der Waals surface area (Å²) in [6, 6.07) is 19.5. The van der Waals surface area contributed by atoms with Gasteiger partial charge in [-0.25, -0.2) is 0 Å². The third-order valence-electron chi connectivity index (χ3n) is 11.0. The van der Waals surface area contributed by atoms with Crippen molar-refractivity contribution in [2.45, 2.75) is 89.8 Å². The average molecular weight is 838 g/mol. The smallest absolute Gasteiger partial charge is 0.326 e. The zero-order valence-corrected chi connectivity index (χ0v) is 34.5. The van der Waals surface area contributed by atoms with Gasteiger partial charge < -0.3 is 39.4 Å². The number of benzene rings is 4. The quantitative estimate of drug-likeness (QED) is 0.0552. The molecule has 2 aliphatic rings. The molecule has 0 saturated heterocycles. The van der Waals surface area contributed by atoms with Gasteiger partial charge in [-0.15, -0.1) is 0 Å². The second kappa shape index (κ2) is 18.1. The maximum atomic E-state index is 11.7. The number of halogens is 2. The molecule has 0 aromatic heterocycles. The number of carboxylic acid groups (broad SMARTS) is 2. The number of nitrogens with one attached hydrogen (secondary N) is 2. The molecule has 0 aliphatic heterocycles. The first-order valence-corrected chi connectivity index (χ1v) is 20.2. The van der Waals surface area contributed by atoms with Crippen molar-refractivity contribution >= 4 is 35.1 Å². The summed E-state index contributed by atoms with van der Waals surface area (Å²) in [4.78, 5) is 23.5. The number of aliphatic carboxylic acids is 2. The van der Waals surface area contributed by atoms with E-state index in [0.717, 1.165) is 47.9 Å². The van der Waals surface area contributed by atoms with Gasteiger partial charge in [0.1, 0.15) is 46.3 Å². The molecule has 0 heterocycles. The predicted molar refractivity (Wildman–Crippen MR) is 220 cm³/mol. The van der Waals surface area contributed by atoms with Crippen molar-refractivity contribution in [3.8, 4) is 34.1 Å². The van der Waals surface area contributed by atoms with Gasteiger partial charge >= 0.3 is 11.9 Å². The van der Waals surface area contributed by atoms with E-state index in [4.69, 9.17) is 42.1 Å². The van der Waals surface area contributed by atoms with Crippen LogP contribution in [0.4, 0.5) is 0 Å². The van der Waals surface area contributed by atoms with E-state index in [1.807, 2.05) is 26.0 Å². The van der Waals surface area contributed by atoms with Crippen LogP contribution in [0.15, 0.2) is 60.7 Å². The van der Waals surface area contributed by atoms with Gasteiger partial charge in [-0.1, -0.05) is 59.6 Å². The first-order valence-electron chi connectivity index (χ1n) is 19.4. The van der Waals surface area contributed by atoms with Crippen LogP contribution in [0.2, 0.25) is 10.0 Å². The Balaban J connectivity index is 1.22. The molecule has 6 N–H and O–H groups in total. The molecule has 58 heavy (non-hydrogen) atoms. The number of hydrogen-bond acceptors (Lipinski definition) is 10. The molecule has 4 aromatic rings. The van der Waals surface area contributed by atoms with Crippen LogP contribution in [-0.4, -0.2) is 69.9 Å². The summed E-state index contributed by atoms with van der Waals surface area (Å²) in [5.41, 5.74) is 5.05. The maximum absolute atomic E-state index is 11.7. The Morgan fingerprint density at radius 3 is 1.41 bits per heavy atom. The molecule has 14 heteroatoms. The van der Waals surface area contributed by atoms with E-state index < -0.39 is 36.2 Å². The molecular formula is C44H50Cl2N2O10. The van der Waals surface area contributed by atoms with E-state index in [-0.39, 0.29) is 25.3 Å². The van der Waals surface area contributed by atoms with Crippen LogP contribution < -0.4 is 29.6 Å². The molecule has 310 valence electrons. The minimum absolute atomic E-state index is 0.106. The summed E-state index contributed by atoms with van der Waals surface area (Å²) in [6.45, 7) is 6.33. The molecule has 12 nitrogen and oxygen atoms in total. The highest BCUT2D eigenvalue weighted by Crippen LogP contribution is 2.47. The third kappa shape index (κ3) is 8.87. The molecule has 4 aromatic carbocycles. The van der Waals surface area contributed by atoms with E-state index >= 15 is 0 Å². The lowest BCUT2D eigenvalue weighted by Crippen LogP contribution is -2.52. The maximum Gasteiger partial charge on any atom is 0.326 e. The van der Waals surface area contributed by atoms with Crippen molar-refractivity contribution in [3.05, 3.63) is 104 Å². The van der Waals surface area contributed by atoms with Gasteiger partial charge in [0.25, 0.3) is 0 Å². The topological polar surface area (TPSA) is 176 Å². The molecule has 6 rings (SSSR count). The molecular weight excluding hydrogens is 787 g/mol. The summed E-state index contributed by atoms with van der Waals surface area (Å²) >= 11 is 13.5. The summed E-state index contributed by atoms with van der Waals surface area (Å²) in [6.07, 6.45) is 2.56. The van der Waals surface area contributed by atoms with E-state index in [0.29, 0.717) is 57.4 Å². The lowest BCUT2D eigenvalue weighted by molar-refractivity contribution is -0.146. The molecule has 2 unspecified atom stereocenters. The van der Waals surface area contributed by atoms with Crippen molar-refractivity contribution < 1.29 is 49.0 Å². The lowest BCUT2D eigenvalue weighted by Gasteiger charge is -2.25. The number of carboxylic acids is 2. The van der Waals surface area contributed by atoms with Crippen molar-refractivity contribution in [2.75, 3.05) is 26.4 Å². The van der Waals surface area contributed by atoms with Gasteiger partial charge in [0.15, 0.2) is 0 Å². The third-order valence-corrected chi connectivity index (χ3v) is 11.6. The highest BCUT2D eigenvalue weighted by Gasteiger charge is 2.35. The minimum atomic E-state index is -1.53. The monoisotopic (exact) mass is 836 g/mol. The molecule has 0 radical (unpaired) electrons.